The Labute approximate surface area is 124 Å². The quantitative estimate of drug-likeness (QED) is 0.855. The van der Waals surface area contributed by atoms with Gasteiger partial charge in [0.05, 0.1) is 0 Å². The summed E-state index contributed by atoms with van der Waals surface area (Å²) in [6.07, 6.45) is 3.75. The lowest BCUT2D eigenvalue weighted by atomic mass is 9.86. The molecule has 1 saturated heterocycles. The topological polar surface area (TPSA) is 15.3 Å². The van der Waals surface area contributed by atoms with Crippen molar-refractivity contribution in [1.82, 2.24) is 10.2 Å². The van der Waals surface area contributed by atoms with Crippen LogP contribution in [0.25, 0.3) is 0 Å². The van der Waals surface area contributed by atoms with Crippen LogP contribution in [0.15, 0.2) is 22.7 Å². The maximum absolute atomic E-state index is 3.58. The maximum Gasteiger partial charge on any atom is 0.0196 e. The SMILES string of the molecule is CC1CN(C2CCc3cc(Br)ccc3C2)C(C)CN1. The highest BCUT2D eigenvalue weighted by molar-refractivity contribution is 9.10. The van der Waals surface area contributed by atoms with Crippen LogP contribution in [0.5, 0.6) is 0 Å². The van der Waals surface area contributed by atoms with Crippen LogP contribution >= 0.6 is 15.9 Å². The van der Waals surface area contributed by atoms with E-state index in [4.69, 9.17) is 0 Å². The van der Waals surface area contributed by atoms with Crippen molar-refractivity contribution in [3.63, 3.8) is 0 Å². The molecule has 104 valence electrons. The van der Waals surface area contributed by atoms with Gasteiger partial charge in [0, 0.05) is 35.7 Å². The van der Waals surface area contributed by atoms with E-state index in [9.17, 15) is 0 Å². The molecule has 1 fully saturated rings. The highest BCUT2D eigenvalue weighted by Gasteiger charge is 2.31. The van der Waals surface area contributed by atoms with Gasteiger partial charge in [-0.25, -0.2) is 0 Å². The van der Waals surface area contributed by atoms with Gasteiger partial charge in [-0.3, -0.25) is 4.90 Å². The third-order valence-corrected chi connectivity index (χ3v) is 5.15. The molecule has 1 aromatic carbocycles. The minimum absolute atomic E-state index is 0.627. The first-order valence-corrected chi connectivity index (χ1v) is 8.19. The molecule has 0 bridgehead atoms. The number of nitrogens with zero attached hydrogens (tertiary/aromatic N) is 1. The van der Waals surface area contributed by atoms with Crippen molar-refractivity contribution < 1.29 is 0 Å². The van der Waals surface area contributed by atoms with E-state index in [1.54, 1.807) is 11.1 Å². The molecule has 0 spiro atoms. The summed E-state index contributed by atoms with van der Waals surface area (Å²) in [6, 6.07) is 8.82. The fourth-order valence-corrected chi connectivity index (χ4v) is 3.95. The Morgan fingerprint density at radius 2 is 2.11 bits per heavy atom. The number of fused-ring (bicyclic) bond motifs is 1. The number of rotatable bonds is 1. The Hall–Kier alpha value is -0.380. The van der Waals surface area contributed by atoms with E-state index in [0.717, 1.165) is 12.6 Å². The summed E-state index contributed by atoms with van der Waals surface area (Å²) in [5.74, 6) is 0. The van der Waals surface area contributed by atoms with Crippen molar-refractivity contribution in [2.24, 2.45) is 0 Å². The van der Waals surface area contributed by atoms with Gasteiger partial charge in [0.25, 0.3) is 0 Å². The number of aryl methyl sites for hydroxylation is 1. The molecule has 3 heteroatoms. The molecular weight excluding hydrogens is 300 g/mol. The minimum Gasteiger partial charge on any atom is -0.311 e. The molecule has 2 aliphatic rings. The van der Waals surface area contributed by atoms with E-state index in [-0.39, 0.29) is 0 Å². The van der Waals surface area contributed by atoms with Gasteiger partial charge in [-0.05, 0) is 56.4 Å². The van der Waals surface area contributed by atoms with Gasteiger partial charge in [-0.1, -0.05) is 22.0 Å². The summed E-state index contributed by atoms with van der Waals surface area (Å²) >= 11 is 3.58. The Balaban J connectivity index is 1.76. The van der Waals surface area contributed by atoms with Crippen molar-refractivity contribution in [1.29, 1.82) is 0 Å². The molecule has 1 aromatic rings. The molecule has 0 amide bonds. The number of hydrogen-bond acceptors (Lipinski definition) is 2. The zero-order valence-corrected chi connectivity index (χ0v) is 13.4. The highest BCUT2D eigenvalue weighted by Crippen LogP contribution is 2.28. The van der Waals surface area contributed by atoms with Crippen molar-refractivity contribution in [3.8, 4) is 0 Å². The van der Waals surface area contributed by atoms with E-state index in [1.165, 1.54) is 30.3 Å². The number of halogens is 1. The number of nitrogens with one attached hydrogen (secondary N) is 1. The molecular formula is C16H23BrN2. The van der Waals surface area contributed by atoms with Gasteiger partial charge >= 0.3 is 0 Å². The van der Waals surface area contributed by atoms with Gasteiger partial charge in [0.2, 0.25) is 0 Å². The van der Waals surface area contributed by atoms with E-state index >= 15 is 0 Å². The molecule has 0 radical (unpaired) electrons. The van der Waals surface area contributed by atoms with Crippen LogP contribution in [0, 0.1) is 0 Å². The van der Waals surface area contributed by atoms with Crippen LogP contribution in [0.3, 0.4) is 0 Å². The second-order valence-corrected chi connectivity index (χ2v) is 7.08. The number of hydrogen-bond donors (Lipinski definition) is 1. The van der Waals surface area contributed by atoms with Crippen molar-refractivity contribution in [2.45, 2.75) is 51.2 Å². The monoisotopic (exact) mass is 322 g/mol. The molecule has 3 rings (SSSR count). The number of benzene rings is 1. The smallest absolute Gasteiger partial charge is 0.0196 e. The van der Waals surface area contributed by atoms with Gasteiger partial charge in [0.1, 0.15) is 0 Å². The second-order valence-electron chi connectivity index (χ2n) is 6.16. The van der Waals surface area contributed by atoms with Gasteiger partial charge in [-0.15, -0.1) is 0 Å². The van der Waals surface area contributed by atoms with E-state index in [1.807, 2.05) is 0 Å². The molecule has 3 unspecified atom stereocenters. The van der Waals surface area contributed by atoms with Gasteiger partial charge in [0.15, 0.2) is 0 Å². The lowest BCUT2D eigenvalue weighted by Gasteiger charge is -2.44. The van der Waals surface area contributed by atoms with Crippen LogP contribution in [-0.2, 0) is 12.8 Å². The normalized spacial score (nSPS) is 32.1. The van der Waals surface area contributed by atoms with Crippen molar-refractivity contribution >= 4 is 15.9 Å². The first kappa shape index (κ1) is 13.6. The summed E-state index contributed by atoms with van der Waals surface area (Å²) in [7, 11) is 0. The van der Waals surface area contributed by atoms with E-state index in [0.29, 0.717) is 12.1 Å². The van der Waals surface area contributed by atoms with Crippen LogP contribution in [0.2, 0.25) is 0 Å². The van der Waals surface area contributed by atoms with Crippen molar-refractivity contribution in [3.05, 3.63) is 33.8 Å². The molecule has 1 N–H and O–H groups in total. The van der Waals surface area contributed by atoms with Crippen LogP contribution in [0.4, 0.5) is 0 Å². The molecule has 19 heavy (non-hydrogen) atoms. The lowest BCUT2D eigenvalue weighted by Crippen LogP contribution is -2.58. The average Bonchev–Trinajstić information content (AvgIpc) is 2.41. The van der Waals surface area contributed by atoms with Crippen LogP contribution < -0.4 is 5.32 Å². The standard InChI is InChI=1S/C16H23BrN2/c1-11-10-19(12(2)9-18-11)16-6-4-13-7-15(17)5-3-14(13)8-16/h3,5,7,11-12,16,18H,4,6,8-10H2,1-2H3. The second kappa shape index (κ2) is 5.55. The van der Waals surface area contributed by atoms with Gasteiger partial charge < -0.3 is 5.32 Å². The van der Waals surface area contributed by atoms with E-state index < -0.39 is 0 Å². The highest BCUT2D eigenvalue weighted by atomic mass is 79.9. The van der Waals surface area contributed by atoms with Crippen molar-refractivity contribution in [2.75, 3.05) is 13.1 Å². The predicted octanol–water partition coefficient (Wildman–Crippen LogP) is 2.99. The Bertz CT molecular complexity index is 460. The molecule has 1 aliphatic heterocycles. The zero-order chi connectivity index (χ0) is 13.4. The molecule has 2 nitrogen and oxygen atoms in total. The summed E-state index contributed by atoms with van der Waals surface area (Å²) in [5.41, 5.74) is 3.10. The number of piperazine rings is 1. The van der Waals surface area contributed by atoms with Gasteiger partial charge in [-0.2, -0.15) is 0 Å². The van der Waals surface area contributed by atoms with Crippen LogP contribution in [0.1, 0.15) is 31.4 Å². The fourth-order valence-electron chi connectivity index (χ4n) is 3.55. The third-order valence-electron chi connectivity index (χ3n) is 4.65. The summed E-state index contributed by atoms with van der Waals surface area (Å²) in [5, 5.41) is 3.58. The Morgan fingerprint density at radius 1 is 1.26 bits per heavy atom. The fraction of sp³-hybridized carbons (Fsp3) is 0.625. The summed E-state index contributed by atoms with van der Waals surface area (Å²) in [6.45, 7) is 6.98. The molecule has 1 aliphatic carbocycles. The Kier molecular flexibility index (Phi) is 3.97. The first-order valence-electron chi connectivity index (χ1n) is 7.40. The van der Waals surface area contributed by atoms with E-state index in [2.05, 4.69) is 58.2 Å². The molecule has 0 aromatic heterocycles. The first-order chi connectivity index (χ1) is 9.13. The molecule has 1 heterocycles. The predicted molar refractivity (Wildman–Crippen MR) is 83.6 cm³/mol. The lowest BCUT2D eigenvalue weighted by molar-refractivity contribution is 0.0867. The third kappa shape index (κ3) is 2.88. The summed E-state index contributed by atoms with van der Waals surface area (Å²) < 4.78 is 1.22. The van der Waals surface area contributed by atoms with Crippen LogP contribution in [-0.4, -0.2) is 36.1 Å². The summed E-state index contributed by atoms with van der Waals surface area (Å²) in [4.78, 5) is 2.73. The zero-order valence-electron chi connectivity index (χ0n) is 11.8. The maximum atomic E-state index is 3.58. The Morgan fingerprint density at radius 3 is 2.95 bits per heavy atom. The largest absolute Gasteiger partial charge is 0.311 e. The minimum atomic E-state index is 0.627. The molecule has 0 saturated carbocycles. The molecule has 3 atom stereocenters. The average molecular weight is 323 g/mol.